The van der Waals surface area contributed by atoms with Gasteiger partial charge in [0.2, 0.25) is 0 Å². The highest BCUT2D eigenvalue weighted by molar-refractivity contribution is 6.27. The third-order valence-corrected chi connectivity index (χ3v) is 13.1. The molecule has 0 saturated carbocycles. The number of rotatable bonds is 5. The van der Waals surface area contributed by atoms with Crippen LogP contribution >= 0.6 is 0 Å². The molecule has 0 N–H and O–H groups in total. The van der Waals surface area contributed by atoms with E-state index < -0.39 is 0 Å². The predicted molar refractivity (Wildman–Crippen MR) is 266 cm³/mol. The topological polar surface area (TPSA) is 8.17 Å². The molecule has 0 fully saturated rings. The summed E-state index contributed by atoms with van der Waals surface area (Å²) in [5.74, 6) is 0. The fourth-order valence-corrected chi connectivity index (χ4v) is 10.3. The van der Waals surface area contributed by atoms with Crippen molar-refractivity contribution in [3.63, 3.8) is 0 Å². The van der Waals surface area contributed by atoms with Crippen molar-refractivity contribution in [3.8, 4) is 16.8 Å². The Morgan fingerprint density at radius 2 is 0.629 bits per heavy atom. The molecule has 0 spiro atoms. The lowest BCUT2D eigenvalue weighted by molar-refractivity contribution is 1.18. The van der Waals surface area contributed by atoms with E-state index in [2.05, 4.69) is 240 Å². The van der Waals surface area contributed by atoms with Gasteiger partial charge in [0.15, 0.2) is 0 Å². The first-order valence-electron chi connectivity index (χ1n) is 21.4. The Balaban J connectivity index is 1.05. The summed E-state index contributed by atoms with van der Waals surface area (Å²) in [5, 5.41) is 17.7. The summed E-state index contributed by atoms with van der Waals surface area (Å²) in [5.41, 5.74) is 9.24. The minimum atomic E-state index is 1.10. The molecule has 13 aromatic rings. The molecule has 12 aromatic carbocycles. The maximum atomic E-state index is 2.45. The largest absolute Gasteiger partial charge is 0.310 e. The lowest BCUT2D eigenvalue weighted by atomic mass is 9.93. The van der Waals surface area contributed by atoms with Crippen molar-refractivity contribution < 1.29 is 0 Å². The molecule has 288 valence electrons. The van der Waals surface area contributed by atoms with Gasteiger partial charge < -0.3 is 9.47 Å². The van der Waals surface area contributed by atoms with Crippen molar-refractivity contribution in [2.75, 3.05) is 4.90 Å². The lowest BCUT2D eigenvalue weighted by Gasteiger charge is -2.27. The SMILES string of the molecule is c1ccc(-n2c3ccccc3c3cc(-c4cccc(N(c5ccc6c7ccccc7c7ccccc7c6c5)c5ccc6c7ccccc7c7ccccc7c6c5)c4)ccc32)cc1. The minimum Gasteiger partial charge on any atom is -0.310 e. The average molecular weight is 787 g/mol. The molecule has 2 nitrogen and oxygen atoms in total. The molecule has 62 heavy (non-hydrogen) atoms. The zero-order valence-corrected chi connectivity index (χ0v) is 33.8. The predicted octanol–water partition coefficient (Wildman–Crippen LogP) is 16.8. The number of anilines is 3. The minimum absolute atomic E-state index is 1.10. The van der Waals surface area contributed by atoms with Crippen LogP contribution in [0.15, 0.2) is 231 Å². The molecular formula is C60H38N2. The van der Waals surface area contributed by atoms with Gasteiger partial charge in [-0.3, -0.25) is 0 Å². The van der Waals surface area contributed by atoms with Crippen LogP contribution in [0, 0.1) is 0 Å². The Morgan fingerprint density at radius 1 is 0.226 bits per heavy atom. The van der Waals surface area contributed by atoms with Gasteiger partial charge in [-0.2, -0.15) is 0 Å². The highest BCUT2D eigenvalue weighted by Crippen LogP contribution is 2.45. The molecule has 0 saturated heterocycles. The summed E-state index contributed by atoms with van der Waals surface area (Å²) in [6.45, 7) is 0. The molecule has 0 aliphatic rings. The Labute approximate surface area is 358 Å². The molecule has 0 radical (unpaired) electrons. The van der Waals surface area contributed by atoms with Gasteiger partial charge in [-0.15, -0.1) is 0 Å². The summed E-state index contributed by atoms with van der Waals surface area (Å²) in [7, 11) is 0. The van der Waals surface area contributed by atoms with Crippen LogP contribution in [0.5, 0.6) is 0 Å². The maximum absolute atomic E-state index is 2.45. The van der Waals surface area contributed by atoms with E-state index in [9.17, 15) is 0 Å². The van der Waals surface area contributed by atoms with Crippen molar-refractivity contribution in [1.29, 1.82) is 0 Å². The molecule has 0 aliphatic carbocycles. The molecule has 1 heterocycles. The Hall–Kier alpha value is -8.20. The second kappa shape index (κ2) is 13.7. The van der Waals surface area contributed by atoms with Crippen LogP contribution < -0.4 is 4.90 Å². The van der Waals surface area contributed by atoms with Gasteiger partial charge in [0.1, 0.15) is 0 Å². The first kappa shape index (κ1) is 34.6. The molecule has 13 rings (SSSR count). The zero-order valence-electron chi connectivity index (χ0n) is 33.8. The number of nitrogens with zero attached hydrogens (tertiary/aromatic N) is 2. The molecule has 0 unspecified atom stereocenters. The monoisotopic (exact) mass is 786 g/mol. The third kappa shape index (κ3) is 5.23. The van der Waals surface area contributed by atoms with E-state index >= 15 is 0 Å². The standard InChI is InChI=1S/C60H38N2/c1-2-16-41(17-3-1)62-59-28-13-12-27-55(59)58-36-40(29-34-60(58)62)39-15-14-18-42(35-39)61(43-30-32-53-49-23-6-4-19-45(49)47-21-8-10-25-51(47)56(53)37-43)44-31-33-54-50-24-7-5-20-46(50)48-22-9-11-26-52(48)57(54)38-44/h1-38H. The van der Waals surface area contributed by atoms with Crippen molar-refractivity contribution in [2.45, 2.75) is 0 Å². The number of hydrogen-bond donors (Lipinski definition) is 0. The molecule has 0 bridgehead atoms. The highest BCUT2D eigenvalue weighted by Gasteiger charge is 2.19. The van der Waals surface area contributed by atoms with Crippen LogP contribution in [0.1, 0.15) is 0 Å². The van der Waals surface area contributed by atoms with Crippen molar-refractivity contribution in [2.24, 2.45) is 0 Å². The second-order valence-corrected chi connectivity index (χ2v) is 16.4. The summed E-state index contributed by atoms with van der Waals surface area (Å²) < 4.78 is 2.38. The van der Waals surface area contributed by atoms with E-state index in [1.807, 2.05) is 0 Å². The fraction of sp³-hybridized carbons (Fsp3) is 0. The summed E-state index contributed by atoms with van der Waals surface area (Å²) in [4.78, 5) is 2.45. The molecule has 2 heteroatoms. The lowest BCUT2D eigenvalue weighted by Crippen LogP contribution is -2.10. The van der Waals surface area contributed by atoms with Crippen LogP contribution in [-0.2, 0) is 0 Å². The van der Waals surface area contributed by atoms with Gasteiger partial charge in [0, 0.05) is 33.5 Å². The first-order chi connectivity index (χ1) is 30.8. The van der Waals surface area contributed by atoms with Crippen LogP contribution in [0.4, 0.5) is 17.1 Å². The van der Waals surface area contributed by atoms with Gasteiger partial charge >= 0.3 is 0 Å². The van der Waals surface area contributed by atoms with Crippen LogP contribution in [0.25, 0.3) is 103 Å². The van der Waals surface area contributed by atoms with Crippen molar-refractivity contribution in [3.05, 3.63) is 231 Å². The smallest absolute Gasteiger partial charge is 0.0541 e. The third-order valence-electron chi connectivity index (χ3n) is 13.1. The number of benzene rings is 12. The highest BCUT2D eigenvalue weighted by atomic mass is 15.1. The van der Waals surface area contributed by atoms with Gasteiger partial charge in [0.05, 0.1) is 11.0 Å². The van der Waals surface area contributed by atoms with Crippen LogP contribution in [-0.4, -0.2) is 4.57 Å². The van der Waals surface area contributed by atoms with Crippen molar-refractivity contribution >= 4 is 104 Å². The van der Waals surface area contributed by atoms with E-state index in [1.165, 1.54) is 97.6 Å². The summed E-state index contributed by atoms with van der Waals surface area (Å²) >= 11 is 0. The van der Waals surface area contributed by atoms with Gasteiger partial charge in [0.25, 0.3) is 0 Å². The quantitative estimate of drug-likeness (QED) is 0.158. The second-order valence-electron chi connectivity index (χ2n) is 16.4. The molecule has 0 amide bonds. The number of fused-ring (bicyclic) bond motifs is 15. The summed E-state index contributed by atoms with van der Waals surface area (Å²) in [6.07, 6.45) is 0. The fourth-order valence-electron chi connectivity index (χ4n) is 10.3. The normalized spacial score (nSPS) is 11.9. The zero-order chi connectivity index (χ0) is 40.7. The Kier molecular flexibility index (Phi) is 7.64. The number of aromatic nitrogens is 1. The number of hydrogen-bond acceptors (Lipinski definition) is 1. The molecule has 0 atom stereocenters. The Morgan fingerprint density at radius 3 is 1.16 bits per heavy atom. The first-order valence-corrected chi connectivity index (χ1v) is 21.4. The number of para-hydroxylation sites is 2. The maximum Gasteiger partial charge on any atom is 0.0541 e. The van der Waals surface area contributed by atoms with Crippen molar-refractivity contribution in [1.82, 2.24) is 4.57 Å². The van der Waals surface area contributed by atoms with Crippen LogP contribution in [0.3, 0.4) is 0 Å². The van der Waals surface area contributed by atoms with Gasteiger partial charge in [-0.25, -0.2) is 0 Å². The van der Waals surface area contributed by atoms with E-state index in [1.54, 1.807) is 0 Å². The molecular weight excluding hydrogens is 749 g/mol. The van der Waals surface area contributed by atoms with E-state index in [0.717, 1.165) is 22.7 Å². The summed E-state index contributed by atoms with van der Waals surface area (Å²) in [6, 6.07) is 84.9. The van der Waals surface area contributed by atoms with E-state index in [-0.39, 0.29) is 0 Å². The molecule has 1 aromatic heterocycles. The van der Waals surface area contributed by atoms with Gasteiger partial charge in [-0.05, 0) is 142 Å². The van der Waals surface area contributed by atoms with Crippen LogP contribution in [0.2, 0.25) is 0 Å². The van der Waals surface area contributed by atoms with E-state index in [0.29, 0.717) is 0 Å². The Bertz CT molecular complexity index is 3700. The average Bonchev–Trinajstić information content (AvgIpc) is 3.68. The van der Waals surface area contributed by atoms with Gasteiger partial charge in [-0.1, -0.05) is 164 Å². The molecule has 0 aliphatic heterocycles. The van der Waals surface area contributed by atoms with E-state index in [4.69, 9.17) is 0 Å².